The van der Waals surface area contributed by atoms with Gasteiger partial charge in [-0.25, -0.2) is 0 Å². The molecule has 0 amide bonds. The molecule has 2 nitrogen and oxygen atoms in total. The molecular formula is C11H20N2S. The van der Waals surface area contributed by atoms with Crippen LogP contribution in [0.4, 0.5) is 0 Å². The van der Waals surface area contributed by atoms with Crippen molar-refractivity contribution >= 4 is 17.2 Å². The quantitative estimate of drug-likeness (QED) is 0.709. The van der Waals surface area contributed by atoms with Gasteiger partial charge in [0.1, 0.15) is 0 Å². The molecule has 0 spiro atoms. The van der Waals surface area contributed by atoms with Crippen LogP contribution in [0.25, 0.3) is 0 Å². The standard InChI is InChI=1S/C11H20N2S/c12-11(14)9-4-3-7-13(8-9)10-5-1-2-6-10/h9-10H,1-8H2,(H2,12,14). The fourth-order valence-electron chi connectivity index (χ4n) is 2.84. The third-order valence-corrected chi connectivity index (χ3v) is 4.03. The van der Waals surface area contributed by atoms with Crippen molar-refractivity contribution in [2.75, 3.05) is 13.1 Å². The third-order valence-electron chi connectivity index (χ3n) is 3.70. The van der Waals surface area contributed by atoms with E-state index in [9.17, 15) is 0 Å². The molecule has 0 bridgehead atoms. The molecule has 1 atom stereocenters. The monoisotopic (exact) mass is 212 g/mol. The van der Waals surface area contributed by atoms with Gasteiger partial charge >= 0.3 is 0 Å². The molecular weight excluding hydrogens is 192 g/mol. The maximum absolute atomic E-state index is 5.73. The molecule has 1 aliphatic heterocycles. The highest BCUT2D eigenvalue weighted by molar-refractivity contribution is 7.80. The Bertz CT molecular complexity index is 211. The molecule has 2 fully saturated rings. The Morgan fingerprint density at radius 1 is 1.14 bits per heavy atom. The average molecular weight is 212 g/mol. The predicted molar refractivity (Wildman–Crippen MR) is 63.3 cm³/mol. The molecule has 1 saturated heterocycles. The summed E-state index contributed by atoms with van der Waals surface area (Å²) >= 11 is 5.09. The first kappa shape index (κ1) is 10.4. The molecule has 2 N–H and O–H groups in total. The minimum absolute atomic E-state index is 0.486. The molecule has 2 rings (SSSR count). The first-order valence-corrected chi connectivity index (χ1v) is 6.21. The number of hydrogen-bond acceptors (Lipinski definition) is 2. The number of hydrogen-bond donors (Lipinski definition) is 1. The van der Waals surface area contributed by atoms with Crippen molar-refractivity contribution in [2.24, 2.45) is 11.7 Å². The Kier molecular flexibility index (Phi) is 3.39. The zero-order chi connectivity index (χ0) is 9.97. The van der Waals surface area contributed by atoms with Crippen molar-refractivity contribution in [3.05, 3.63) is 0 Å². The SMILES string of the molecule is NC(=S)C1CCCN(C2CCCC2)C1. The predicted octanol–water partition coefficient (Wildman–Crippen LogP) is 1.93. The molecule has 1 heterocycles. The van der Waals surface area contributed by atoms with Gasteiger partial charge in [-0.1, -0.05) is 25.1 Å². The highest BCUT2D eigenvalue weighted by Gasteiger charge is 2.28. The van der Waals surface area contributed by atoms with Crippen LogP contribution in [0.5, 0.6) is 0 Å². The van der Waals surface area contributed by atoms with Gasteiger partial charge in [0.05, 0.1) is 4.99 Å². The van der Waals surface area contributed by atoms with Crippen molar-refractivity contribution in [2.45, 2.75) is 44.6 Å². The van der Waals surface area contributed by atoms with Gasteiger partial charge < -0.3 is 5.73 Å². The second kappa shape index (κ2) is 4.58. The van der Waals surface area contributed by atoms with Crippen LogP contribution >= 0.6 is 12.2 Å². The van der Waals surface area contributed by atoms with E-state index in [1.165, 1.54) is 45.1 Å². The highest BCUT2D eigenvalue weighted by atomic mass is 32.1. The number of nitrogens with two attached hydrogens (primary N) is 1. The van der Waals surface area contributed by atoms with Crippen LogP contribution in [-0.2, 0) is 0 Å². The number of thiocarbonyl (C=S) groups is 1. The summed E-state index contributed by atoms with van der Waals surface area (Å²) in [6.45, 7) is 2.39. The van der Waals surface area contributed by atoms with E-state index >= 15 is 0 Å². The molecule has 0 aromatic rings. The second-order valence-corrected chi connectivity index (χ2v) is 5.15. The molecule has 1 aliphatic carbocycles. The number of rotatable bonds is 2. The normalized spacial score (nSPS) is 30.7. The van der Waals surface area contributed by atoms with Crippen LogP contribution in [0.1, 0.15) is 38.5 Å². The van der Waals surface area contributed by atoms with Gasteiger partial charge in [0.15, 0.2) is 0 Å². The minimum atomic E-state index is 0.486. The first-order chi connectivity index (χ1) is 6.77. The Balaban J connectivity index is 1.89. The topological polar surface area (TPSA) is 29.3 Å². The molecule has 0 aromatic carbocycles. The van der Waals surface area contributed by atoms with E-state index in [0.29, 0.717) is 5.92 Å². The largest absolute Gasteiger partial charge is 0.393 e. The van der Waals surface area contributed by atoms with Crippen molar-refractivity contribution in [3.8, 4) is 0 Å². The third kappa shape index (κ3) is 2.26. The molecule has 1 unspecified atom stereocenters. The molecule has 0 radical (unpaired) electrons. The minimum Gasteiger partial charge on any atom is -0.393 e. The van der Waals surface area contributed by atoms with E-state index in [-0.39, 0.29) is 0 Å². The van der Waals surface area contributed by atoms with E-state index < -0.39 is 0 Å². The van der Waals surface area contributed by atoms with Crippen LogP contribution in [0.15, 0.2) is 0 Å². The average Bonchev–Trinajstić information content (AvgIpc) is 2.71. The van der Waals surface area contributed by atoms with E-state index in [4.69, 9.17) is 18.0 Å². The van der Waals surface area contributed by atoms with E-state index in [1.807, 2.05) is 0 Å². The van der Waals surface area contributed by atoms with Crippen LogP contribution in [0, 0.1) is 5.92 Å². The van der Waals surface area contributed by atoms with Gasteiger partial charge in [-0.15, -0.1) is 0 Å². The summed E-state index contributed by atoms with van der Waals surface area (Å²) in [5.41, 5.74) is 5.73. The summed E-state index contributed by atoms with van der Waals surface area (Å²) in [6.07, 6.45) is 8.10. The Morgan fingerprint density at radius 2 is 1.86 bits per heavy atom. The summed E-state index contributed by atoms with van der Waals surface area (Å²) in [7, 11) is 0. The Hall–Kier alpha value is -0.150. The molecule has 1 saturated carbocycles. The van der Waals surface area contributed by atoms with Crippen molar-refractivity contribution in [1.29, 1.82) is 0 Å². The number of nitrogens with zero attached hydrogens (tertiary/aromatic N) is 1. The van der Waals surface area contributed by atoms with E-state index in [1.54, 1.807) is 0 Å². The lowest BCUT2D eigenvalue weighted by Crippen LogP contribution is -2.44. The summed E-state index contributed by atoms with van der Waals surface area (Å²) in [5, 5.41) is 0. The summed E-state index contributed by atoms with van der Waals surface area (Å²) < 4.78 is 0. The molecule has 80 valence electrons. The van der Waals surface area contributed by atoms with Gasteiger partial charge in [0.25, 0.3) is 0 Å². The zero-order valence-corrected chi connectivity index (χ0v) is 9.56. The van der Waals surface area contributed by atoms with Gasteiger partial charge in [-0.3, -0.25) is 4.90 Å². The fourth-order valence-corrected chi connectivity index (χ4v) is 3.03. The van der Waals surface area contributed by atoms with Gasteiger partial charge in [0.2, 0.25) is 0 Å². The lowest BCUT2D eigenvalue weighted by atomic mass is 9.96. The van der Waals surface area contributed by atoms with E-state index in [2.05, 4.69) is 4.90 Å². The van der Waals surface area contributed by atoms with Crippen molar-refractivity contribution in [3.63, 3.8) is 0 Å². The van der Waals surface area contributed by atoms with Crippen LogP contribution < -0.4 is 5.73 Å². The first-order valence-electron chi connectivity index (χ1n) is 5.81. The zero-order valence-electron chi connectivity index (χ0n) is 8.74. The van der Waals surface area contributed by atoms with Crippen LogP contribution in [-0.4, -0.2) is 29.0 Å². The summed E-state index contributed by atoms with van der Waals surface area (Å²) in [6, 6.07) is 0.840. The number of piperidine rings is 1. The lowest BCUT2D eigenvalue weighted by molar-refractivity contribution is 0.147. The van der Waals surface area contributed by atoms with Gasteiger partial charge in [-0.05, 0) is 32.2 Å². The van der Waals surface area contributed by atoms with Crippen LogP contribution in [0.3, 0.4) is 0 Å². The van der Waals surface area contributed by atoms with E-state index in [0.717, 1.165) is 17.6 Å². The molecule has 3 heteroatoms. The summed E-state index contributed by atoms with van der Waals surface area (Å²) in [5.74, 6) is 0.486. The lowest BCUT2D eigenvalue weighted by Gasteiger charge is -2.36. The smallest absolute Gasteiger partial charge is 0.0771 e. The van der Waals surface area contributed by atoms with Crippen LogP contribution in [0.2, 0.25) is 0 Å². The molecule has 14 heavy (non-hydrogen) atoms. The maximum Gasteiger partial charge on any atom is 0.0771 e. The Morgan fingerprint density at radius 3 is 2.50 bits per heavy atom. The van der Waals surface area contributed by atoms with Gasteiger partial charge in [-0.2, -0.15) is 0 Å². The maximum atomic E-state index is 5.73. The molecule has 2 aliphatic rings. The van der Waals surface area contributed by atoms with Crippen molar-refractivity contribution < 1.29 is 0 Å². The second-order valence-electron chi connectivity index (χ2n) is 4.67. The number of likely N-dealkylation sites (tertiary alicyclic amines) is 1. The van der Waals surface area contributed by atoms with Gasteiger partial charge in [0, 0.05) is 18.5 Å². The van der Waals surface area contributed by atoms with Crippen molar-refractivity contribution in [1.82, 2.24) is 4.90 Å². The summed E-state index contributed by atoms with van der Waals surface area (Å²) in [4.78, 5) is 3.35. The fraction of sp³-hybridized carbons (Fsp3) is 0.909. The molecule has 0 aromatic heterocycles. The highest BCUT2D eigenvalue weighted by Crippen LogP contribution is 2.27. The Labute approximate surface area is 91.8 Å².